The van der Waals surface area contributed by atoms with Crippen LogP contribution in [0, 0.1) is 0 Å². The van der Waals surface area contributed by atoms with Gasteiger partial charge in [-0.2, -0.15) is 0 Å². The predicted molar refractivity (Wildman–Crippen MR) is 67.2 cm³/mol. The Morgan fingerprint density at radius 3 is 3.00 bits per heavy atom. The zero-order chi connectivity index (χ0) is 12.3. The Morgan fingerprint density at radius 1 is 1.53 bits per heavy atom. The molecular formula is C14H21NO2. The third-order valence-electron chi connectivity index (χ3n) is 3.28. The summed E-state index contributed by atoms with van der Waals surface area (Å²) in [6, 6.07) is 1.91. The van der Waals surface area contributed by atoms with E-state index in [2.05, 4.69) is 11.5 Å². The first kappa shape index (κ1) is 12.4. The van der Waals surface area contributed by atoms with E-state index in [1.54, 1.807) is 0 Å². The van der Waals surface area contributed by atoms with Crippen LogP contribution >= 0.6 is 0 Å². The van der Waals surface area contributed by atoms with Gasteiger partial charge in [0.25, 0.3) is 0 Å². The smallest absolute Gasteiger partial charge is 0.164 e. The summed E-state index contributed by atoms with van der Waals surface area (Å²) in [5, 5.41) is 0. The Labute approximate surface area is 103 Å². The molecule has 94 valence electrons. The fourth-order valence-corrected chi connectivity index (χ4v) is 2.35. The van der Waals surface area contributed by atoms with Crippen molar-refractivity contribution in [3.05, 3.63) is 24.0 Å². The molecule has 1 saturated heterocycles. The highest BCUT2D eigenvalue weighted by molar-refractivity contribution is 5.95. The van der Waals surface area contributed by atoms with Crippen LogP contribution in [0.25, 0.3) is 0 Å². The Balaban J connectivity index is 1.92. The van der Waals surface area contributed by atoms with Crippen LogP contribution in [-0.2, 0) is 11.3 Å². The molecule has 0 radical (unpaired) electrons. The first-order valence-electron chi connectivity index (χ1n) is 6.53. The van der Waals surface area contributed by atoms with Gasteiger partial charge in [0.2, 0.25) is 0 Å². The van der Waals surface area contributed by atoms with Crippen LogP contribution in [0.4, 0.5) is 0 Å². The average molecular weight is 235 g/mol. The zero-order valence-corrected chi connectivity index (χ0v) is 10.7. The fourth-order valence-electron chi connectivity index (χ4n) is 2.35. The van der Waals surface area contributed by atoms with E-state index in [1.165, 1.54) is 0 Å². The van der Waals surface area contributed by atoms with Gasteiger partial charge >= 0.3 is 0 Å². The van der Waals surface area contributed by atoms with Gasteiger partial charge in [0.15, 0.2) is 5.78 Å². The van der Waals surface area contributed by atoms with Gasteiger partial charge in [0.1, 0.15) is 0 Å². The number of ketones is 1. The third kappa shape index (κ3) is 3.19. The lowest BCUT2D eigenvalue weighted by atomic mass is 10.1. The normalized spacial score (nSPS) is 24.1. The lowest BCUT2D eigenvalue weighted by Crippen LogP contribution is -2.15. The van der Waals surface area contributed by atoms with Gasteiger partial charge in [-0.3, -0.25) is 4.79 Å². The van der Waals surface area contributed by atoms with Gasteiger partial charge in [0.05, 0.1) is 12.2 Å². The molecule has 0 aromatic carbocycles. The van der Waals surface area contributed by atoms with Crippen molar-refractivity contribution < 1.29 is 9.53 Å². The van der Waals surface area contributed by atoms with E-state index in [1.807, 2.05) is 25.4 Å². The Kier molecular flexibility index (Phi) is 4.00. The second-order valence-electron chi connectivity index (χ2n) is 4.92. The number of aromatic nitrogens is 1. The van der Waals surface area contributed by atoms with E-state index in [-0.39, 0.29) is 5.78 Å². The fraction of sp³-hybridized carbons (Fsp3) is 0.643. The molecule has 0 saturated carbocycles. The zero-order valence-electron chi connectivity index (χ0n) is 10.7. The van der Waals surface area contributed by atoms with Crippen LogP contribution in [-0.4, -0.2) is 22.6 Å². The molecule has 0 bridgehead atoms. The van der Waals surface area contributed by atoms with E-state index in [4.69, 9.17) is 4.74 Å². The molecule has 3 heteroatoms. The summed E-state index contributed by atoms with van der Waals surface area (Å²) in [6.45, 7) is 5.01. The molecule has 1 aromatic rings. The van der Waals surface area contributed by atoms with E-state index >= 15 is 0 Å². The molecule has 2 atom stereocenters. The molecule has 0 aliphatic carbocycles. The summed E-state index contributed by atoms with van der Waals surface area (Å²) < 4.78 is 7.85. The first-order chi connectivity index (χ1) is 8.19. The van der Waals surface area contributed by atoms with Crippen LogP contribution in [0.15, 0.2) is 18.5 Å². The van der Waals surface area contributed by atoms with E-state index in [0.29, 0.717) is 18.6 Å². The quantitative estimate of drug-likeness (QED) is 0.734. The number of hydrogen-bond acceptors (Lipinski definition) is 2. The van der Waals surface area contributed by atoms with Crippen LogP contribution in [0.2, 0.25) is 0 Å². The van der Waals surface area contributed by atoms with Gasteiger partial charge in [-0.1, -0.05) is 6.92 Å². The second-order valence-corrected chi connectivity index (χ2v) is 4.92. The van der Waals surface area contributed by atoms with Crippen molar-refractivity contribution >= 4 is 5.78 Å². The molecule has 2 rings (SSSR count). The molecule has 2 heterocycles. The summed E-state index contributed by atoms with van der Waals surface area (Å²) in [4.78, 5) is 11.7. The van der Waals surface area contributed by atoms with Crippen LogP contribution in [0.3, 0.4) is 0 Å². The average Bonchev–Trinajstić information content (AvgIpc) is 2.89. The van der Waals surface area contributed by atoms with Crippen molar-refractivity contribution in [3.8, 4) is 0 Å². The monoisotopic (exact) mass is 235 g/mol. The van der Waals surface area contributed by atoms with Gasteiger partial charge in [-0.05, 0) is 32.3 Å². The van der Waals surface area contributed by atoms with Crippen molar-refractivity contribution in [1.82, 2.24) is 4.57 Å². The van der Waals surface area contributed by atoms with E-state index < -0.39 is 0 Å². The van der Waals surface area contributed by atoms with Crippen molar-refractivity contribution in [2.24, 2.45) is 0 Å². The van der Waals surface area contributed by atoms with Crippen LogP contribution in [0.1, 0.15) is 49.9 Å². The lowest BCUT2D eigenvalue weighted by Gasteiger charge is -2.11. The Bertz CT molecular complexity index is 383. The molecule has 0 spiro atoms. The minimum Gasteiger partial charge on any atom is -0.373 e. The van der Waals surface area contributed by atoms with Crippen molar-refractivity contribution in [3.63, 3.8) is 0 Å². The Hall–Kier alpha value is -1.09. The van der Waals surface area contributed by atoms with Gasteiger partial charge in [-0.25, -0.2) is 0 Å². The van der Waals surface area contributed by atoms with Crippen molar-refractivity contribution in [2.45, 2.75) is 58.3 Å². The highest BCUT2D eigenvalue weighted by Gasteiger charge is 2.22. The summed E-state index contributed by atoms with van der Waals surface area (Å²) in [7, 11) is 0. The molecule has 3 nitrogen and oxygen atoms in total. The largest absolute Gasteiger partial charge is 0.373 e. The van der Waals surface area contributed by atoms with Gasteiger partial charge in [-0.15, -0.1) is 0 Å². The van der Waals surface area contributed by atoms with Crippen molar-refractivity contribution in [1.29, 1.82) is 0 Å². The highest BCUT2D eigenvalue weighted by atomic mass is 16.5. The number of carbonyl (C=O) groups excluding carboxylic acids is 1. The predicted octanol–water partition coefficient (Wildman–Crippen LogP) is 3.04. The standard InChI is InChI=1S/C14H21NO2/c1-3-4-14(16)12-7-8-15(9-12)10-13-6-5-11(2)17-13/h7-9,11,13H,3-6,10H2,1-2H3. The van der Waals surface area contributed by atoms with Crippen LogP contribution < -0.4 is 0 Å². The highest BCUT2D eigenvalue weighted by Crippen LogP contribution is 2.20. The minimum atomic E-state index is 0.243. The number of rotatable bonds is 5. The number of ether oxygens (including phenoxy) is 1. The summed E-state index contributed by atoms with van der Waals surface area (Å²) in [5.41, 5.74) is 0.831. The van der Waals surface area contributed by atoms with Crippen LogP contribution in [0.5, 0.6) is 0 Å². The van der Waals surface area contributed by atoms with E-state index in [9.17, 15) is 4.79 Å². The number of nitrogens with zero attached hydrogens (tertiary/aromatic N) is 1. The molecule has 17 heavy (non-hydrogen) atoms. The maximum Gasteiger partial charge on any atom is 0.164 e. The molecule has 1 fully saturated rings. The third-order valence-corrected chi connectivity index (χ3v) is 3.28. The van der Waals surface area contributed by atoms with Gasteiger partial charge < -0.3 is 9.30 Å². The lowest BCUT2D eigenvalue weighted by molar-refractivity contribution is 0.0458. The Morgan fingerprint density at radius 2 is 2.35 bits per heavy atom. The van der Waals surface area contributed by atoms with Crippen molar-refractivity contribution in [2.75, 3.05) is 0 Å². The molecule has 0 amide bonds. The maximum absolute atomic E-state index is 11.7. The summed E-state index contributed by atoms with van der Waals surface area (Å²) >= 11 is 0. The second kappa shape index (κ2) is 5.50. The minimum absolute atomic E-state index is 0.243. The summed E-state index contributed by atoms with van der Waals surface area (Å²) in [6.07, 6.45) is 8.45. The van der Waals surface area contributed by atoms with Gasteiger partial charge in [0, 0.05) is 30.9 Å². The SMILES string of the molecule is CCCC(=O)c1ccn(CC2CCC(C)O2)c1. The number of carbonyl (C=O) groups is 1. The maximum atomic E-state index is 11.7. The molecule has 1 aliphatic heterocycles. The molecule has 0 N–H and O–H groups in total. The molecule has 1 aliphatic rings. The number of hydrogen-bond donors (Lipinski definition) is 0. The molecule has 2 unspecified atom stereocenters. The topological polar surface area (TPSA) is 31.2 Å². The molecular weight excluding hydrogens is 214 g/mol. The van der Waals surface area contributed by atoms with E-state index in [0.717, 1.165) is 31.4 Å². The number of Topliss-reactive ketones (excluding diaryl/α,β-unsaturated/α-hetero) is 1. The molecule has 1 aromatic heterocycles. The summed E-state index contributed by atoms with van der Waals surface area (Å²) in [5.74, 6) is 0.243. The first-order valence-corrected chi connectivity index (χ1v) is 6.53.